The third-order valence-electron chi connectivity index (χ3n) is 2.94. The summed E-state index contributed by atoms with van der Waals surface area (Å²) in [6, 6.07) is 18.2. The lowest BCUT2D eigenvalue weighted by molar-refractivity contribution is -0.113. The Kier molecular flexibility index (Phi) is 6.58. The maximum Gasteiger partial charge on any atom is 0.234 e. The molecule has 0 radical (unpaired) electrons. The van der Waals surface area contributed by atoms with Crippen molar-refractivity contribution in [3.63, 3.8) is 0 Å². The predicted molar refractivity (Wildman–Crippen MR) is 95.8 cm³/mol. The number of carbonyl (C=O) groups is 1. The first-order chi connectivity index (χ1) is 12.1. The highest BCUT2D eigenvalue weighted by atomic mass is 32.2. The molecule has 1 amide bonds. The summed E-state index contributed by atoms with van der Waals surface area (Å²) in [6.07, 6.45) is 0. The molecule has 0 saturated carbocycles. The third kappa shape index (κ3) is 5.69. The van der Waals surface area contributed by atoms with Crippen molar-refractivity contribution < 1.29 is 9.18 Å². The van der Waals surface area contributed by atoms with Gasteiger partial charge in [0.1, 0.15) is 23.0 Å². The van der Waals surface area contributed by atoms with Crippen LogP contribution in [0.2, 0.25) is 0 Å². The standard InChI is InChI=1S/C18H13FN4OS/c19-14-5-4-8-16(9-14)22-17(24)12-25-18(13(10-20)11-21)23-15-6-2-1-3-7-15/h1-9,23H,12H2,(H,22,24). The summed E-state index contributed by atoms with van der Waals surface area (Å²) < 4.78 is 13.1. The minimum atomic E-state index is -0.451. The van der Waals surface area contributed by atoms with Gasteiger partial charge in [-0.25, -0.2) is 4.39 Å². The number of hydrogen-bond acceptors (Lipinski definition) is 5. The molecule has 0 aliphatic carbocycles. The fourth-order valence-corrected chi connectivity index (χ4v) is 2.62. The van der Waals surface area contributed by atoms with Crippen LogP contribution < -0.4 is 10.6 Å². The Morgan fingerprint density at radius 3 is 2.32 bits per heavy atom. The summed E-state index contributed by atoms with van der Waals surface area (Å²) in [6.45, 7) is 0. The van der Waals surface area contributed by atoms with Crippen LogP contribution in [-0.2, 0) is 4.79 Å². The second kappa shape index (κ2) is 9.11. The van der Waals surface area contributed by atoms with Crippen LogP contribution in [0.5, 0.6) is 0 Å². The average Bonchev–Trinajstić information content (AvgIpc) is 2.61. The van der Waals surface area contributed by atoms with Crippen LogP contribution in [0.4, 0.5) is 15.8 Å². The number of carbonyl (C=O) groups excluding carboxylic acids is 1. The summed E-state index contributed by atoms with van der Waals surface area (Å²) in [4.78, 5) is 12.0. The van der Waals surface area contributed by atoms with E-state index >= 15 is 0 Å². The van der Waals surface area contributed by atoms with Gasteiger partial charge in [-0.05, 0) is 30.3 Å². The Morgan fingerprint density at radius 1 is 1.00 bits per heavy atom. The van der Waals surface area contributed by atoms with Crippen molar-refractivity contribution >= 4 is 29.0 Å². The zero-order valence-corrected chi connectivity index (χ0v) is 13.8. The van der Waals surface area contributed by atoms with E-state index in [1.54, 1.807) is 42.5 Å². The van der Waals surface area contributed by atoms with Gasteiger partial charge in [0.25, 0.3) is 0 Å². The molecular formula is C18H13FN4OS. The minimum Gasteiger partial charge on any atom is -0.349 e. The van der Waals surface area contributed by atoms with E-state index in [1.807, 2.05) is 6.07 Å². The Balaban J connectivity index is 2.05. The number of nitrogens with zero attached hydrogens (tertiary/aromatic N) is 2. The summed E-state index contributed by atoms with van der Waals surface area (Å²) in [5.74, 6) is -0.871. The van der Waals surface area contributed by atoms with Crippen molar-refractivity contribution in [3.05, 3.63) is 71.0 Å². The van der Waals surface area contributed by atoms with Gasteiger partial charge in [0.05, 0.1) is 5.75 Å². The number of nitrogens with one attached hydrogen (secondary N) is 2. The quantitative estimate of drug-likeness (QED) is 0.771. The lowest BCUT2D eigenvalue weighted by Crippen LogP contribution is -2.15. The van der Waals surface area contributed by atoms with Crippen molar-refractivity contribution in [2.75, 3.05) is 16.4 Å². The van der Waals surface area contributed by atoms with Crippen molar-refractivity contribution in [1.82, 2.24) is 0 Å². The molecule has 0 aliphatic rings. The molecule has 2 aromatic carbocycles. The number of benzene rings is 2. The number of allylic oxidation sites excluding steroid dienone is 1. The number of thioether (sulfide) groups is 1. The van der Waals surface area contributed by atoms with Crippen LogP contribution in [0.25, 0.3) is 0 Å². The van der Waals surface area contributed by atoms with Gasteiger partial charge in [-0.2, -0.15) is 10.5 Å². The Hall–Kier alpha value is -3.29. The topological polar surface area (TPSA) is 88.7 Å². The molecule has 0 fully saturated rings. The fraction of sp³-hybridized carbons (Fsp3) is 0.0556. The molecule has 2 aromatic rings. The van der Waals surface area contributed by atoms with Crippen LogP contribution in [0.3, 0.4) is 0 Å². The first-order valence-corrected chi connectivity index (χ1v) is 8.15. The maximum absolute atomic E-state index is 13.1. The van der Waals surface area contributed by atoms with Gasteiger partial charge in [-0.15, -0.1) is 0 Å². The second-order valence-corrected chi connectivity index (χ2v) is 5.75. The van der Waals surface area contributed by atoms with E-state index < -0.39 is 5.82 Å². The highest BCUT2D eigenvalue weighted by Gasteiger charge is 2.11. The zero-order chi connectivity index (χ0) is 18.1. The molecule has 0 heterocycles. The van der Waals surface area contributed by atoms with Crippen LogP contribution >= 0.6 is 11.8 Å². The van der Waals surface area contributed by atoms with Crippen molar-refractivity contribution in [1.29, 1.82) is 10.5 Å². The van der Waals surface area contributed by atoms with Crippen LogP contribution in [0.15, 0.2) is 65.2 Å². The SMILES string of the molecule is N#CC(C#N)=C(Nc1ccccc1)SCC(=O)Nc1cccc(F)c1. The number of amides is 1. The Bertz CT molecular complexity index is 853. The molecule has 0 atom stereocenters. The van der Waals surface area contributed by atoms with Gasteiger partial charge in [0, 0.05) is 11.4 Å². The number of halogens is 1. The summed E-state index contributed by atoms with van der Waals surface area (Å²) >= 11 is 1.02. The van der Waals surface area contributed by atoms with Gasteiger partial charge < -0.3 is 10.6 Å². The first kappa shape index (κ1) is 18.1. The lowest BCUT2D eigenvalue weighted by Gasteiger charge is -2.11. The summed E-state index contributed by atoms with van der Waals surface area (Å²) in [5, 5.41) is 24.0. The molecule has 2 N–H and O–H groups in total. The number of hydrogen-bond donors (Lipinski definition) is 2. The second-order valence-electron chi connectivity index (χ2n) is 4.77. The Morgan fingerprint density at radius 2 is 1.68 bits per heavy atom. The van der Waals surface area contributed by atoms with Crippen LogP contribution in [0, 0.1) is 28.5 Å². The van der Waals surface area contributed by atoms with E-state index in [4.69, 9.17) is 10.5 Å². The molecule has 0 bridgehead atoms. The van der Waals surface area contributed by atoms with E-state index in [1.165, 1.54) is 18.2 Å². The van der Waals surface area contributed by atoms with E-state index in [0.717, 1.165) is 11.8 Å². The molecule has 0 unspecified atom stereocenters. The predicted octanol–water partition coefficient (Wildman–Crippen LogP) is 3.87. The zero-order valence-electron chi connectivity index (χ0n) is 13.0. The molecule has 5 nitrogen and oxygen atoms in total. The molecule has 7 heteroatoms. The summed E-state index contributed by atoms with van der Waals surface area (Å²) in [5.41, 5.74) is 0.916. The van der Waals surface area contributed by atoms with Crippen molar-refractivity contribution in [2.24, 2.45) is 0 Å². The highest BCUT2D eigenvalue weighted by Crippen LogP contribution is 2.23. The van der Waals surface area contributed by atoms with Gasteiger partial charge >= 0.3 is 0 Å². The Labute approximate surface area is 148 Å². The van der Waals surface area contributed by atoms with E-state index in [9.17, 15) is 9.18 Å². The molecule has 0 saturated heterocycles. The fourth-order valence-electron chi connectivity index (χ4n) is 1.85. The normalized spacial score (nSPS) is 9.40. The molecule has 25 heavy (non-hydrogen) atoms. The van der Waals surface area contributed by atoms with Crippen LogP contribution in [0.1, 0.15) is 0 Å². The van der Waals surface area contributed by atoms with E-state index in [2.05, 4.69) is 10.6 Å². The molecule has 0 aliphatic heterocycles. The first-order valence-electron chi connectivity index (χ1n) is 7.17. The molecule has 0 aromatic heterocycles. The summed E-state index contributed by atoms with van der Waals surface area (Å²) in [7, 11) is 0. The number of para-hydroxylation sites is 1. The molecular weight excluding hydrogens is 339 g/mol. The smallest absolute Gasteiger partial charge is 0.234 e. The average molecular weight is 352 g/mol. The maximum atomic E-state index is 13.1. The number of anilines is 2. The molecule has 0 spiro atoms. The molecule has 124 valence electrons. The number of nitriles is 2. The lowest BCUT2D eigenvalue weighted by atomic mass is 10.3. The van der Waals surface area contributed by atoms with Gasteiger partial charge in [0.15, 0.2) is 5.57 Å². The van der Waals surface area contributed by atoms with Crippen LogP contribution in [-0.4, -0.2) is 11.7 Å². The monoisotopic (exact) mass is 352 g/mol. The highest BCUT2D eigenvalue weighted by molar-refractivity contribution is 8.03. The third-order valence-corrected chi connectivity index (χ3v) is 3.94. The van der Waals surface area contributed by atoms with E-state index in [-0.39, 0.29) is 22.3 Å². The van der Waals surface area contributed by atoms with Gasteiger partial charge in [-0.1, -0.05) is 36.0 Å². The number of rotatable bonds is 6. The van der Waals surface area contributed by atoms with E-state index in [0.29, 0.717) is 11.4 Å². The van der Waals surface area contributed by atoms with Crippen molar-refractivity contribution in [2.45, 2.75) is 0 Å². The van der Waals surface area contributed by atoms with Gasteiger partial charge in [-0.3, -0.25) is 4.79 Å². The van der Waals surface area contributed by atoms with Gasteiger partial charge in [0.2, 0.25) is 5.91 Å². The van der Waals surface area contributed by atoms with Crippen molar-refractivity contribution in [3.8, 4) is 12.1 Å². The minimum absolute atomic E-state index is 0.0431. The molecule has 2 rings (SSSR count). The largest absolute Gasteiger partial charge is 0.349 e.